The van der Waals surface area contributed by atoms with Gasteiger partial charge in [-0.1, -0.05) is 12.1 Å². The number of nitrogens with one attached hydrogen (secondary N) is 3. The molecule has 0 bridgehead atoms. The molecule has 1 aromatic carbocycles. The van der Waals surface area contributed by atoms with E-state index in [1.165, 1.54) is 4.90 Å². The molecule has 0 atom stereocenters. The summed E-state index contributed by atoms with van der Waals surface area (Å²) < 4.78 is 0. The normalized spacial score (nSPS) is 12.9. The minimum Gasteiger partial charge on any atom is -0.548 e. The minimum absolute atomic E-state index is 0.177. The first-order valence-electron chi connectivity index (χ1n) is 6.38. The van der Waals surface area contributed by atoms with E-state index in [1.54, 1.807) is 24.3 Å². The molecule has 1 aliphatic rings. The maximum absolute atomic E-state index is 12.1. The molecule has 22 heavy (non-hydrogen) atoms. The predicted octanol–water partition coefficient (Wildman–Crippen LogP) is -1.98. The van der Waals surface area contributed by atoms with Crippen LogP contribution in [0.4, 0.5) is 16.2 Å². The lowest BCUT2D eigenvalue weighted by Crippen LogP contribution is -2.50. The van der Waals surface area contributed by atoms with Gasteiger partial charge in [-0.3, -0.25) is 14.5 Å². The van der Waals surface area contributed by atoms with Gasteiger partial charge in [-0.05, 0) is 12.1 Å². The Balaban J connectivity index is 1.97. The first-order valence-corrected chi connectivity index (χ1v) is 6.38. The fraction of sp³-hybridized carbons (Fsp3) is 0.231. The zero-order valence-corrected chi connectivity index (χ0v) is 11.4. The summed E-state index contributed by atoms with van der Waals surface area (Å²) >= 11 is 0. The number of benzene rings is 1. The second kappa shape index (κ2) is 6.57. The van der Waals surface area contributed by atoms with Crippen LogP contribution in [-0.4, -0.2) is 43.4 Å². The van der Waals surface area contributed by atoms with Gasteiger partial charge < -0.3 is 25.9 Å². The molecule has 116 valence electrons. The Labute approximate surface area is 125 Å². The topological polar surface area (TPSA) is 131 Å². The fourth-order valence-electron chi connectivity index (χ4n) is 1.90. The Morgan fingerprint density at radius 3 is 2.64 bits per heavy atom. The van der Waals surface area contributed by atoms with Crippen molar-refractivity contribution in [3.05, 3.63) is 24.3 Å². The Hall–Kier alpha value is -3.10. The third-order valence-corrected chi connectivity index (χ3v) is 2.85. The monoisotopic (exact) mass is 305 g/mol. The van der Waals surface area contributed by atoms with Crippen molar-refractivity contribution in [3.8, 4) is 0 Å². The molecule has 0 fully saturated rings. The molecule has 9 nitrogen and oxygen atoms in total. The largest absolute Gasteiger partial charge is 0.548 e. The van der Waals surface area contributed by atoms with Gasteiger partial charge >= 0.3 is 6.03 Å². The molecule has 0 radical (unpaired) electrons. The van der Waals surface area contributed by atoms with Crippen LogP contribution in [0.15, 0.2) is 24.3 Å². The summed E-state index contributed by atoms with van der Waals surface area (Å²) in [5.41, 5.74) is 1.00. The van der Waals surface area contributed by atoms with Crippen LogP contribution in [-0.2, 0) is 14.4 Å². The SMILES string of the molecule is O=C([O-])CNC(=O)CNC(=O)N1CC(=O)Nc2ccccc21. The van der Waals surface area contributed by atoms with Crippen molar-refractivity contribution in [3.63, 3.8) is 0 Å². The van der Waals surface area contributed by atoms with Crippen molar-refractivity contribution in [2.24, 2.45) is 0 Å². The van der Waals surface area contributed by atoms with Gasteiger partial charge in [0.2, 0.25) is 11.8 Å². The molecule has 3 N–H and O–H groups in total. The highest BCUT2D eigenvalue weighted by atomic mass is 16.4. The standard InChI is InChI=1S/C13H14N4O5/c18-10(14-6-12(20)21)5-15-13(22)17-7-11(19)16-8-3-1-2-4-9(8)17/h1-4H,5-7H2,(H,14,18)(H,15,22)(H,16,19)(H,20,21)/p-1. The number of carbonyl (C=O) groups is 4. The summed E-state index contributed by atoms with van der Waals surface area (Å²) in [6, 6.07) is 6.10. The van der Waals surface area contributed by atoms with Crippen LogP contribution in [0.25, 0.3) is 0 Å². The van der Waals surface area contributed by atoms with Gasteiger partial charge in [-0.2, -0.15) is 0 Å². The van der Waals surface area contributed by atoms with E-state index in [1.807, 2.05) is 0 Å². The highest BCUT2D eigenvalue weighted by molar-refractivity contribution is 6.09. The molecule has 0 spiro atoms. The van der Waals surface area contributed by atoms with Crippen molar-refractivity contribution in [1.29, 1.82) is 0 Å². The van der Waals surface area contributed by atoms with E-state index in [0.717, 1.165) is 0 Å². The molecule has 0 saturated heterocycles. The maximum Gasteiger partial charge on any atom is 0.322 e. The molecule has 1 aromatic rings. The highest BCUT2D eigenvalue weighted by Crippen LogP contribution is 2.28. The van der Waals surface area contributed by atoms with Gasteiger partial charge in [0.15, 0.2) is 0 Å². The molecule has 0 aromatic heterocycles. The van der Waals surface area contributed by atoms with Gasteiger partial charge in [0.1, 0.15) is 6.54 Å². The highest BCUT2D eigenvalue weighted by Gasteiger charge is 2.26. The summed E-state index contributed by atoms with van der Waals surface area (Å²) in [4.78, 5) is 46.4. The lowest BCUT2D eigenvalue weighted by molar-refractivity contribution is -0.304. The Morgan fingerprint density at radius 2 is 1.91 bits per heavy atom. The number of rotatable bonds is 4. The lowest BCUT2D eigenvalue weighted by atomic mass is 10.2. The number of carboxylic acids is 1. The van der Waals surface area contributed by atoms with E-state index in [9.17, 15) is 24.3 Å². The quantitative estimate of drug-likeness (QED) is 0.593. The number of hydrogen-bond donors (Lipinski definition) is 3. The molecule has 1 aliphatic heterocycles. The first kappa shape index (κ1) is 15.3. The van der Waals surface area contributed by atoms with E-state index in [0.29, 0.717) is 11.4 Å². The van der Waals surface area contributed by atoms with Gasteiger partial charge in [0.05, 0.1) is 30.4 Å². The number of hydrogen-bond acceptors (Lipinski definition) is 5. The number of amides is 4. The van der Waals surface area contributed by atoms with Gasteiger partial charge in [-0.15, -0.1) is 0 Å². The van der Waals surface area contributed by atoms with Crippen molar-refractivity contribution in [1.82, 2.24) is 10.6 Å². The third kappa shape index (κ3) is 3.72. The zero-order valence-electron chi connectivity index (χ0n) is 11.4. The average Bonchev–Trinajstić information content (AvgIpc) is 2.49. The number of carboxylic acid groups (broad SMARTS) is 1. The van der Waals surface area contributed by atoms with Crippen molar-refractivity contribution in [2.45, 2.75) is 0 Å². The number of anilines is 2. The molecular weight excluding hydrogens is 292 g/mol. The molecule has 2 rings (SSSR count). The van der Waals surface area contributed by atoms with Crippen LogP contribution in [0.1, 0.15) is 0 Å². The minimum atomic E-state index is -1.43. The second-order valence-electron chi connectivity index (χ2n) is 4.46. The average molecular weight is 305 g/mol. The van der Waals surface area contributed by atoms with E-state index in [2.05, 4.69) is 16.0 Å². The van der Waals surface area contributed by atoms with Crippen LogP contribution in [0.3, 0.4) is 0 Å². The lowest BCUT2D eigenvalue weighted by Gasteiger charge is -2.29. The summed E-state index contributed by atoms with van der Waals surface area (Å²) in [5, 5.41) is 17.2. The summed E-state index contributed by atoms with van der Waals surface area (Å²) in [7, 11) is 0. The van der Waals surface area contributed by atoms with E-state index < -0.39 is 31.0 Å². The molecule has 9 heteroatoms. The number of carbonyl (C=O) groups excluding carboxylic acids is 4. The number of urea groups is 1. The van der Waals surface area contributed by atoms with Crippen molar-refractivity contribution >= 4 is 35.2 Å². The third-order valence-electron chi connectivity index (χ3n) is 2.85. The van der Waals surface area contributed by atoms with E-state index in [4.69, 9.17) is 0 Å². The smallest absolute Gasteiger partial charge is 0.322 e. The molecule has 4 amide bonds. The van der Waals surface area contributed by atoms with Crippen molar-refractivity contribution in [2.75, 3.05) is 29.9 Å². The van der Waals surface area contributed by atoms with Gasteiger partial charge in [0, 0.05) is 0 Å². The van der Waals surface area contributed by atoms with Crippen molar-refractivity contribution < 1.29 is 24.3 Å². The number of aliphatic carboxylic acids is 1. The van der Waals surface area contributed by atoms with Gasteiger partial charge in [-0.25, -0.2) is 4.79 Å². The molecule has 1 heterocycles. The Bertz CT molecular complexity index is 631. The van der Waals surface area contributed by atoms with E-state index in [-0.39, 0.29) is 12.5 Å². The maximum atomic E-state index is 12.1. The zero-order chi connectivity index (χ0) is 16.1. The number of nitrogens with zero attached hydrogens (tertiary/aromatic N) is 1. The van der Waals surface area contributed by atoms with Crippen LogP contribution >= 0.6 is 0 Å². The van der Waals surface area contributed by atoms with Crippen LogP contribution in [0.2, 0.25) is 0 Å². The molecular formula is C13H13N4O5-. The Morgan fingerprint density at radius 1 is 1.18 bits per heavy atom. The summed E-state index contributed by atoms with van der Waals surface area (Å²) in [5.74, 6) is -2.45. The molecule has 0 unspecified atom stereocenters. The molecule has 0 saturated carbocycles. The number of para-hydroxylation sites is 2. The summed E-state index contributed by atoms with van der Waals surface area (Å²) in [6.07, 6.45) is 0. The molecule has 0 aliphatic carbocycles. The van der Waals surface area contributed by atoms with E-state index >= 15 is 0 Å². The Kier molecular flexibility index (Phi) is 4.57. The van der Waals surface area contributed by atoms with Gasteiger partial charge in [0.25, 0.3) is 0 Å². The van der Waals surface area contributed by atoms with Crippen LogP contribution < -0.4 is 26.0 Å². The summed E-state index contributed by atoms with van der Waals surface area (Å²) in [6.45, 7) is -1.22. The first-order chi connectivity index (χ1) is 10.5. The van der Waals surface area contributed by atoms with Crippen LogP contribution in [0.5, 0.6) is 0 Å². The predicted molar refractivity (Wildman–Crippen MR) is 73.8 cm³/mol. The fourth-order valence-corrected chi connectivity index (χ4v) is 1.90. The van der Waals surface area contributed by atoms with Crippen LogP contribution in [0, 0.1) is 0 Å². The second-order valence-corrected chi connectivity index (χ2v) is 4.46. The number of fused-ring (bicyclic) bond motifs is 1.